The molecule has 12 heteroatoms. The van der Waals surface area contributed by atoms with Crippen molar-refractivity contribution in [1.29, 1.82) is 0 Å². The number of phosphoric acid groups is 1. The number of carboxylic acid groups (broad SMARTS) is 1. The van der Waals surface area contributed by atoms with Crippen LogP contribution < -0.4 is 5.32 Å². The largest absolute Gasteiger partial charge is 0.480 e. The van der Waals surface area contributed by atoms with Crippen LogP contribution in [0.15, 0.2) is 24.3 Å². The average Bonchev–Trinajstić information content (AvgIpc) is 2.99. The zero-order valence-corrected chi connectivity index (χ0v) is 27.9. The summed E-state index contributed by atoms with van der Waals surface area (Å²) in [4.78, 5) is 44.9. The number of nitrogens with one attached hydrogen (secondary N) is 1. The molecule has 0 saturated heterocycles. The number of hydrogen-bond donors (Lipinski definition) is 4. The molecule has 0 heterocycles. The molecule has 0 aliphatic rings. The molecule has 0 aromatic carbocycles. The zero-order valence-electron chi connectivity index (χ0n) is 27.0. The third-order valence-corrected chi connectivity index (χ3v) is 7.69. The Morgan fingerprint density at radius 1 is 0.727 bits per heavy atom. The van der Waals surface area contributed by atoms with Crippen LogP contribution >= 0.6 is 7.82 Å². The van der Waals surface area contributed by atoms with Gasteiger partial charge in [0.2, 0.25) is 5.91 Å². The maximum atomic E-state index is 12.2. The lowest BCUT2D eigenvalue weighted by atomic mass is 10.1. The Kier molecular flexibility index (Phi) is 27.1. The second-order valence-corrected chi connectivity index (χ2v) is 12.5. The normalized spacial score (nSPS) is 14.5. The number of carboxylic acids is 1. The predicted octanol–water partition coefficient (Wildman–Crippen LogP) is 6.77. The van der Waals surface area contributed by atoms with Crippen molar-refractivity contribution < 1.29 is 47.8 Å². The van der Waals surface area contributed by atoms with E-state index in [1.54, 1.807) is 0 Å². The van der Waals surface area contributed by atoms with Crippen LogP contribution in [0.1, 0.15) is 129 Å². The first-order valence-corrected chi connectivity index (χ1v) is 17.9. The van der Waals surface area contributed by atoms with Gasteiger partial charge in [-0.2, -0.15) is 0 Å². The highest BCUT2D eigenvalue weighted by Crippen LogP contribution is 2.43. The summed E-state index contributed by atoms with van der Waals surface area (Å²) < 4.78 is 26.2. The quantitative estimate of drug-likeness (QED) is 0.0283. The monoisotopic (exact) mass is 647 g/mol. The number of phosphoric ester groups is 1. The van der Waals surface area contributed by atoms with Crippen LogP contribution in [0.4, 0.5) is 0 Å². The minimum atomic E-state index is -4.73. The average molecular weight is 648 g/mol. The first kappa shape index (κ1) is 42.0. The number of carbonyl (C=O) groups is 3. The van der Waals surface area contributed by atoms with Crippen molar-refractivity contribution >= 4 is 25.7 Å². The second kappa shape index (κ2) is 28.4. The van der Waals surface area contributed by atoms with E-state index in [1.165, 1.54) is 44.9 Å². The van der Waals surface area contributed by atoms with Gasteiger partial charge in [-0.15, -0.1) is 0 Å². The number of amides is 1. The van der Waals surface area contributed by atoms with Crippen LogP contribution in [0.5, 0.6) is 0 Å². The Hall–Kier alpha value is -2.04. The molecule has 0 radical (unpaired) electrons. The predicted molar refractivity (Wildman–Crippen MR) is 171 cm³/mol. The van der Waals surface area contributed by atoms with Gasteiger partial charge in [0, 0.05) is 12.8 Å². The minimum absolute atomic E-state index is 0.137. The number of esters is 1. The minimum Gasteiger partial charge on any atom is -0.480 e. The lowest BCUT2D eigenvalue weighted by Gasteiger charge is -2.18. The van der Waals surface area contributed by atoms with Crippen LogP contribution in [0.25, 0.3) is 0 Å². The van der Waals surface area contributed by atoms with Crippen molar-refractivity contribution in [2.24, 2.45) is 0 Å². The van der Waals surface area contributed by atoms with E-state index in [9.17, 15) is 34.1 Å². The molecule has 0 bridgehead atoms. The van der Waals surface area contributed by atoms with E-state index in [0.29, 0.717) is 12.8 Å². The fraction of sp³-hybridized carbons (Fsp3) is 0.781. The number of unbranched alkanes of at least 4 members (excludes halogenated alkanes) is 12. The van der Waals surface area contributed by atoms with E-state index in [-0.39, 0.29) is 12.8 Å². The Morgan fingerprint density at radius 2 is 1.27 bits per heavy atom. The lowest BCUT2D eigenvalue weighted by Crippen LogP contribution is -2.43. The molecule has 3 unspecified atom stereocenters. The first-order chi connectivity index (χ1) is 21.1. The van der Waals surface area contributed by atoms with Gasteiger partial charge in [0.25, 0.3) is 0 Å². The molecular formula is C32H58NO10P. The Morgan fingerprint density at radius 3 is 1.86 bits per heavy atom. The number of hydrogen-bond acceptors (Lipinski definition) is 8. The smallest absolute Gasteiger partial charge is 0.472 e. The van der Waals surface area contributed by atoms with E-state index in [2.05, 4.69) is 41.1 Å². The molecule has 0 aliphatic heterocycles. The molecule has 0 fully saturated rings. The van der Waals surface area contributed by atoms with Crippen molar-refractivity contribution in [2.75, 3.05) is 19.8 Å². The molecule has 4 N–H and O–H groups in total. The molecule has 0 saturated carbocycles. The van der Waals surface area contributed by atoms with Gasteiger partial charge in [-0.3, -0.25) is 18.6 Å². The molecule has 0 aliphatic carbocycles. The Labute approximate surface area is 264 Å². The van der Waals surface area contributed by atoms with E-state index in [1.807, 2.05) is 6.92 Å². The van der Waals surface area contributed by atoms with Crippen molar-refractivity contribution in [3.8, 4) is 0 Å². The van der Waals surface area contributed by atoms with E-state index < -0.39 is 57.6 Å². The second-order valence-electron chi connectivity index (χ2n) is 11.0. The summed E-state index contributed by atoms with van der Waals surface area (Å²) >= 11 is 0. The lowest BCUT2D eigenvalue weighted by molar-refractivity contribution is -0.147. The van der Waals surface area contributed by atoms with Crippen LogP contribution in [0.2, 0.25) is 0 Å². The summed E-state index contributed by atoms with van der Waals surface area (Å²) in [6.45, 7) is 2.24. The number of aliphatic hydroxyl groups excluding tert-OH is 1. The molecule has 1 amide bonds. The topological polar surface area (TPSA) is 169 Å². The van der Waals surface area contributed by atoms with E-state index >= 15 is 0 Å². The van der Waals surface area contributed by atoms with Gasteiger partial charge < -0.3 is 25.2 Å². The summed E-state index contributed by atoms with van der Waals surface area (Å²) in [5.74, 6) is -2.43. The SMILES string of the molecule is CCCCCC/C=C\C/C=C\CCCCCCCCCC(=O)NC(COP(=O)(O)OCC(O)COC(=O)CCCC)C(=O)O. The van der Waals surface area contributed by atoms with Gasteiger partial charge in [-0.1, -0.05) is 95.9 Å². The Balaban J connectivity index is 3.95. The summed E-state index contributed by atoms with van der Waals surface area (Å²) in [6.07, 6.45) is 24.9. The molecule has 44 heavy (non-hydrogen) atoms. The highest BCUT2D eigenvalue weighted by atomic mass is 31.2. The molecule has 3 atom stereocenters. The number of carbonyl (C=O) groups excluding carboxylic acids is 2. The number of ether oxygens (including phenoxy) is 1. The van der Waals surface area contributed by atoms with Crippen molar-refractivity contribution in [1.82, 2.24) is 5.32 Å². The molecule has 0 rings (SSSR count). The third kappa shape index (κ3) is 27.5. The van der Waals surface area contributed by atoms with Crippen LogP contribution in [-0.2, 0) is 32.7 Å². The first-order valence-electron chi connectivity index (χ1n) is 16.4. The highest BCUT2D eigenvalue weighted by molar-refractivity contribution is 7.47. The number of aliphatic carboxylic acids is 1. The molecular weight excluding hydrogens is 589 g/mol. The van der Waals surface area contributed by atoms with Crippen molar-refractivity contribution in [3.63, 3.8) is 0 Å². The number of allylic oxidation sites excluding steroid dienone is 4. The van der Waals surface area contributed by atoms with Crippen molar-refractivity contribution in [3.05, 3.63) is 24.3 Å². The third-order valence-electron chi connectivity index (χ3n) is 6.74. The van der Waals surface area contributed by atoms with Gasteiger partial charge >= 0.3 is 19.8 Å². The standard InChI is InChI=1S/C32H58NO10P/c1-3-5-7-8-9-10-11-12-13-14-15-16-17-18-19-20-21-22-23-30(35)33-29(32(37)38)27-43-44(39,40)42-26-28(34)25-41-31(36)24-6-4-2/h10-11,13-14,28-29,34H,3-9,12,15-27H2,1-2H3,(H,33,35)(H,37,38)(H,39,40)/b11-10-,14-13-. The summed E-state index contributed by atoms with van der Waals surface area (Å²) in [7, 11) is -4.73. The molecule has 0 spiro atoms. The summed E-state index contributed by atoms with van der Waals surface area (Å²) in [6, 6.07) is -1.54. The molecule has 0 aromatic rings. The zero-order chi connectivity index (χ0) is 32.9. The maximum absolute atomic E-state index is 12.2. The van der Waals surface area contributed by atoms with Crippen LogP contribution in [0.3, 0.4) is 0 Å². The Bertz CT molecular complexity index is 864. The van der Waals surface area contributed by atoms with Gasteiger partial charge in [0.1, 0.15) is 12.7 Å². The fourth-order valence-electron chi connectivity index (χ4n) is 4.09. The molecule has 11 nitrogen and oxygen atoms in total. The van der Waals surface area contributed by atoms with E-state index in [0.717, 1.165) is 44.9 Å². The van der Waals surface area contributed by atoms with Crippen molar-refractivity contribution in [2.45, 2.75) is 142 Å². The van der Waals surface area contributed by atoms with Crippen LogP contribution in [-0.4, -0.2) is 64.9 Å². The summed E-state index contributed by atoms with van der Waals surface area (Å²) in [5, 5.41) is 21.4. The fourth-order valence-corrected chi connectivity index (χ4v) is 4.86. The van der Waals surface area contributed by atoms with Gasteiger partial charge in [-0.05, 0) is 44.9 Å². The molecule has 0 aromatic heterocycles. The number of rotatable bonds is 30. The van der Waals surface area contributed by atoms with Gasteiger partial charge in [0.15, 0.2) is 6.04 Å². The van der Waals surface area contributed by atoms with E-state index in [4.69, 9.17) is 9.26 Å². The number of aliphatic hydroxyl groups is 1. The highest BCUT2D eigenvalue weighted by Gasteiger charge is 2.28. The van der Waals surface area contributed by atoms with Gasteiger partial charge in [0.05, 0.1) is 13.2 Å². The maximum Gasteiger partial charge on any atom is 0.472 e. The summed E-state index contributed by atoms with van der Waals surface area (Å²) in [5.41, 5.74) is 0. The van der Waals surface area contributed by atoms with Crippen LogP contribution in [0, 0.1) is 0 Å². The molecule has 256 valence electrons. The van der Waals surface area contributed by atoms with Gasteiger partial charge in [-0.25, -0.2) is 9.36 Å².